The largest absolute Gasteiger partial charge is 0.466 e. The number of carbonyl (C=O) groups is 2. The summed E-state index contributed by atoms with van der Waals surface area (Å²) in [4.78, 5) is 24.7. The first-order valence-corrected chi connectivity index (χ1v) is 10.0. The molecule has 0 radical (unpaired) electrons. The number of carbonyl (C=O) groups excluding carboxylic acids is 2. The van der Waals surface area contributed by atoms with Gasteiger partial charge in [0.15, 0.2) is 0 Å². The van der Waals surface area contributed by atoms with E-state index in [9.17, 15) is 35.1 Å². The van der Waals surface area contributed by atoms with Crippen LogP contribution >= 0.6 is 0 Å². The molecule has 10 nitrogen and oxygen atoms in total. The predicted octanol–water partition coefficient (Wildman–Crippen LogP) is -1.58. The summed E-state index contributed by atoms with van der Waals surface area (Å²) in [5.41, 5.74) is -3.58. The average molecular weight is 444 g/mol. The minimum atomic E-state index is -1.74. The van der Waals surface area contributed by atoms with Gasteiger partial charge in [-0.15, -0.1) is 0 Å². The Morgan fingerprint density at radius 2 is 1.81 bits per heavy atom. The number of hydrogen-bond donors (Lipinski definition) is 6. The molecule has 31 heavy (non-hydrogen) atoms. The van der Waals surface area contributed by atoms with E-state index in [0.29, 0.717) is 0 Å². The van der Waals surface area contributed by atoms with Gasteiger partial charge in [-0.2, -0.15) is 0 Å². The van der Waals surface area contributed by atoms with Crippen molar-refractivity contribution in [3.05, 3.63) is 24.3 Å². The molecule has 8 atom stereocenters. The molecule has 176 valence electrons. The molecule has 6 N–H and O–H groups in total. The lowest BCUT2D eigenvalue weighted by Gasteiger charge is -2.60. The molecule has 0 aliphatic heterocycles. The lowest BCUT2D eigenvalue weighted by molar-refractivity contribution is -0.249. The van der Waals surface area contributed by atoms with Crippen molar-refractivity contribution < 1.29 is 49.7 Å². The van der Waals surface area contributed by atoms with Crippen LogP contribution in [0.25, 0.3) is 0 Å². The van der Waals surface area contributed by atoms with Crippen molar-refractivity contribution in [3.63, 3.8) is 0 Å². The van der Waals surface area contributed by atoms with E-state index in [0.717, 1.165) is 7.11 Å². The second-order valence-electron chi connectivity index (χ2n) is 8.70. The van der Waals surface area contributed by atoms with E-state index in [4.69, 9.17) is 9.84 Å². The van der Waals surface area contributed by atoms with E-state index in [-0.39, 0.29) is 24.8 Å². The van der Waals surface area contributed by atoms with Gasteiger partial charge in [0.1, 0.15) is 12.2 Å². The summed E-state index contributed by atoms with van der Waals surface area (Å²) in [6, 6.07) is 0. The Balaban J connectivity index is 2.50. The predicted molar refractivity (Wildman–Crippen MR) is 106 cm³/mol. The van der Waals surface area contributed by atoms with Crippen LogP contribution in [0.2, 0.25) is 0 Å². The van der Waals surface area contributed by atoms with Crippen LogP contribution in [-0.2, 0) is 19.1 Å². The topological polar surface area (TPSA) is 174 Å². The smallest absolute Gasteiger partial charge is 0.336 e. The molecule has 10 heteroatoms. The highest BCUT2D eigenvalue weighted by Gasteiger charge is 2.64. The number of aliphatic hydroxyl groups excluding tert-OH is 5. The van der Waals surface area contributed by atoms with Gasteiger partial charge in [0.25, 0.3) is 0 Å². The molecule has 0 aromatic rings. The second kappa shape index (κ2) is 9.35. The van der Waals surface area contributed by atoms with Gasteiger partial charge in [-0.05, 0) is 19.3 Å². The van der Waals surface area contributed by atoms with Crippen molar-refractivity contribution in [2.24, 2.45) is 17.3 Å². The zero-order chi connectivity index (χ0) is 23.7. The van der Waals surface area contributed by atoms with Crippen LogP contribution in [0.3, 0.4) is 0 Å². The molecule has 2 aliphatic rings. The summed E-state index contributed by atoms with van der Waals surface area (Å²) in [5, 5.41) is 61.6. The molecule has 0 unspecified atom stereocenters. The molecule has 0 amide bonds. The highest BCUT2D eigenvalue weighted by molar-refractivity contribution is 5.90. The first-order valence-electron chi connectivity index (χ1n) is 10.0. The molecular formula is C21H32O10. The highest BCUT2D eigenvalue weighted by atomic mass is 16.5. The summed E-state index contributed by atoms with van der Waals surface area (Å²) in [6.07, 6.45) is -5.24. The molecule has 2 rings (SSSR count). The van der Waals surface area contributed by atoms with E-state index < -0.39 is 78.0 Å². The van der Waals surface area contributed by atoms with E-state index in [1.807, 2.05) is 0 Å². The van der Waals surface area contributed by atoms with Crippen LogP contribution in [0.4, 0.5) is 0 Å². The Hall–Kier alpha value is -1.82. The van der Waals surface area contributed by atoms with Gasteiger partial charge in [0.05, 0.1) is 49.6 Å². The van der Waals surface area contributed by atoms with Crippen molar-refractivity contribution in [1.82, 2.24) is 0 Å². The van der Waals surface area contributed by atoms with Crippen LogP contribution in [0.1, 0.15) is 26.2 Å². The fourth-order valence-electron chi connectivity index (χ4n) is 5.10. The lowest BCUT2D eigenvalue weighted by Crippen LogP contribution is -2.68. The summed E-state index contributed by atoms with van der Waals surface area (Å²) in [7, 11) is 1.11. The maximum Gasteiger partial charge on any atom is 0.336 e. The number of methoxy groups -OCH3 is 1. The summed E-state index contributed by atoms with van der Waals surface area (Å²) in [6.45, 7) is 7.21. The molecule has 0 saturated heterocycles. The van der Waals surface area contributed by atoms with Crippen molar-refractivity contribution >= 4 is 11.9 Å². The molecule has 0 heterocycles. The fourth-order valence-corrected chi connectivity index (χ4v) is 5.10. The number of fused-ring (bicyclic) bond motifs is 1. The normalized spacial score (nSPS) is 38.5. The fraction of sp³-hybridized carbons (Fsp3) is 0.714. The van der Waals surface area contributed by atoms with Crippen LogP contribution in [-0.4, -0.2) is 92.9 Å². The number of hydrogen-bond acceptors (Lipinski definition) is 10. The van der Waals surface area contributed by atoms with Crippen LogP contribution in [0.15, 0.2) is 24.3 Å². The second-order valence-corrected chi connectivity index (χ2v) is 8.70. The number of ether oxygens (including phenoxy) is 2. The van der Waals surface area contributed by atoms with Gasteiger partial charge in [0, 0.05) is 16.9 Å². The number of esters is 2. The van der Waals surface area contributed by atoms with E-state index in [2.05, 4.69) is 17.9 Å². The third-order valence-corrected chi connectivity index (χ3v) is 6.87. The quantitative estimate of drug-likeness (QED) is 0.199. The highest BCUT2D eigenvalue weighted by Crippen LogP contribution is 2.57. The Kier molecular flexibility index (Phi) is 7.68. The zero-order valence-electron chi connectivity index (χ0n) is 17.7. The molecule has 0 bridgehead atoms. The van der Waals surface area contributed by atoms with E-state index in [1.165, 1.54) is 0 Å². The molecule has 2 aliphatic carbocycles. The summed E-state index contributed by atoms with van der Waals surface area (Å²) in [5.74, 6) is -4.23. The maximum atomic E-state index is 12.5. The van der Waals surface area contributed by atoms with Crippen molar-refractivity contribution in [2.45, 2.75) is 56.2 Å². The van der Waals surface area contributed by atoms with Gasteiger partial charge < -0.3 is 40.1 Å². The molecule has 2 saturated carbocycles. The molecular weight excluding hydrogens is 412 g/mol. The van der Waals surface area contributed by atoms with Gasteiger partial charge in [0.2, 0.25) is 0 Å². The van der Waals surface area contributed by atoms with Gasteiger partial charge in [-0.3, -0.25) is 0 Å². The molecule has 0 spiro atoms. The third-order valence-electron chi connectivity index (χ3n) is 6.87. The van der Waals surface area contributed by atoms with Crippen LogP contribution in [0, 0.1) is 17.3 Å². The molecule has 0 aromatic carbocycles. The van der Waals surface area contributed by atoms with Crippen molar-refractivity contribution in [2.75, 3.05) is 20.3 Å². The Labute approximate surface area is 180 Å². The summed E-state index contributed by atoms with van der Waals surface area (Å²) < 4.78 is 10.1. The van der Waals surface area contributed by atoms with E-state index >= 15 is 0 Å². The Bertz CT molecular complexity index is 736. The number of aliphatic hydroxyl groups is 6. The van der Waals surface area contributed by atoms with Gasteiger partial charge in [-0.1, -0.05) is 20.1 Å². The Morgan fingerprint density at radius 3 is 2.32 bits per heavy atom. The molecule has 0 aromatic heterocycles. The zero-order valence-corrected chi connectivity index (χ0v) is 17.7. The minimum Gasteiger partial charge on any atom is -0.466 e. The summed E-state index contributed by atoms with van der Waals surface area (Å²) >= 11 is 0. The van der Waals surface area contributed by atoms with Gasteiger partial charge in [-0.25, -0.2) is 9.59 Å². The third kappa shape index (κ3) is 4.41. The van der Waals surface area contributed by atoms with Crippen LogP contribution in [0.5, 0.6) is 0 Å². The first kappa shape index (κ1) is 25.4. The first-order chi connectivity index (χ1) is 14.4. The monoisotopic (exact) mass is 444 g/mol. The van der Waals surface area contributed by atoms with Crippen molar-refractivity contribution in [3.8, 4) is 0 Å². The maximum absolute atomic E-state index is 12.5. The van der Waals surface area contributed by atoms with Crippen molar-refractivity contribution in [1.29, 1.82) is 0 Å². The van der Waals surface area contributed by atoms with Gasteiger partial charge >= 0.3 is 11.9 Å². The lowest BCUT2D eigenvalue weighted by atomic mass is 9.49. The Morgan fingerprint density at radius 1 is 1.19 bits per heavy atom. The number of rotatable bonds is 7. The average Bonchev–Trinajstić information content (AvgIpc) is 2.74. The van der Waals surface area contributed by atoms with E-state index in [1.54, 1.807) is 6.92 Å². The minimum absolute atomic E-state index is 0.0172. The molecule has 2 fully saturated rings. The SMILES string of the molecule is C=C(C(=O)OC)[C@@H]1[C@@H](O)[C@H]2[C@@](O)(CO)CC[C@@H](O)[C@@]2(C)C[C@H]1OC(=O)C(=C)[C@@H](O)CO. The standard InChI is InChI=1S/C21H32O10/c1-10(12(24)8-22)19(28)31-13-7-20(3)14(25)5-6-21(29,9-23)17(20)16(26)15(13)11(2)18(27)30-4/h12-17,22-26,29H,1-2,5-9H2,3-4H3/t12-,13+,14+,15-,16+,17+,20+,21-/m0/s1. The van der Waals surface area contributed by atoms with Crippen LogP contribution < -0.4 is 0 Å².